The van der Waals surface area contributed by atoms with E-state index in [0.29, 0.717) is 4.88 Å². The number of carbonyl (C=O) groups excluding carboxylic acids is 2. The zero-order valence-corrected chi connectivity index (χ0v) is 14.9. The van der Waals surface area contributed by atoms with Gasteiger partial charge in [-0.3, -0.25) is 9.52 Å². The van der Waals surface area contributed by atoms with Crippen molar-refractivity contribution >= 4 is 38.8 Å². The average molecular weight is 367 g/mol. The average Bonchev–Trinajstić information content (AvgIpc) is 3.00. The summed E-state index contributed by atoms with van der Waals surface area (Å²) in [6.45, 7) is 1.64. The summed E-state index contributed by atoms with van der Waals surface area (Å²) in [5.41, 5.74) is 0.418. The molecular weight excluding hydrogens is 350 g/mol. The van der Waals surface area contributed by atoms with Gasteiger partial charge >= 0.3 is 5.97 Å². The summed E-state index contributed by atoms with van der Waals surface area (Å²) in [4.78, 5) is 25.7. The third-order valence-corrected chi connectivity index (χ3v) is 4.90. The molecule has 0 unspecified atom stereocenters. The summed E-state index contributed by atoms with van der Waals surface area (Å²) in [5, 5.41) is 0. The number of rotatable bonds is 7. The predicted octanol–water partition coefficient (Wildman–Crippen LogP) is 2.72. The lowest BCUT2D eigenvalue weighted by Gasteiger charge is -2.07. The first-order valence-corrected chi connectivity index (χ1v) is 9.86. The molecule has 8 heteroatoms. The fraction of sp³-hybridized carbons (Fsp3) is 0.250. The maximum atomic E-state index is 12.0. The standard InChI is InChI=1S/C16H17NO5S2/c1-3-13-7-8-15(23-13)14(18)10-22-16(19)11-5-4-6-12(9-11)17-24(2,20)21/h4-9,17H,3,10H2,1-2H3. The van der Waals surface area contributed by atoms with Crippen LogP contribution in [0, 0.1) is 0 Å². The minimum absolute atomic E-state index is 0.164. The summed E-state index contributed by atoms with van der Waals surface area (Å²) in [7, 11) is -3.44. The molecule has 0 fully saturated rings. The second-order valence-corrected chi connectivity index (χ2v) is 7.99. The Labute approximate surface area is 144 Å². The fourth-order valence-corrected chi connectivity index (χ4v) is 3.35. The molecule has 2 aromatic rings. The van der Waals surface area contributed by atoms with Gasteiger partial charge in [-0.15, -0.1) is 11.3 Å². The van der Waals surface area contributed by atoms with Crippen LogP contribution in [0.5, 0.6) is 0 Å². The van der Waals surface area contributed by atoms with E-state index in [0.717, 1.165) is 17.6 Å². The van der Waals surface area contributed by atoms with Crippen molar-refractivity contribution in [3.63, 3.8) is 0 Å². The van der Waals surface area contributed by atoms with E-state index in [4.69, 9.17) is 4.74 Å². The van der Waals surface area contributed by atoms with E-state index in [9.17, 15) is 18.0 Å². The van der Waals surface area contributed by atoms with E-state index in [2.05, 4.69) is 4.72 Å². The zero-order valence-electron chi connectivity index (χ0n) is 13.2. The molecule has 0 spiro atoms. The van der Waals surface area contributed by atoms with Gasteiger partial charge in [0.2, 0.25) is 15.8 Å². The van der Waals surface area contributed by atoms with Crippen molar-refractivity contribution in [1.29, 1.82) is 0 Å². The lowest BCUT2D eigenvalue weighted by Crippen LogP contribution is -2.14. The predicted molar refractivity (Wildman–Crippen MR) is 93.2 cm³/mol. The quantitative estimate of drug-likeness (QED) is 0.600. The molecule has 0 bridgehead atoms. The van der Waals surface area contributed by atoms with Gasteiger partial charge in [-0.05, 0) is 36.8 Å². The first-order chi connectivity index (χ1) is 11.3. The van der Waals surface area contributed by atoms with Crippen LogP contribution < -0.4 is 4.72 Å². The first-order valence-electron chi connectivity index (χ1n) is 7.15. The number of hydrogen-bond acceptors (Lipinski definition) is 6. The summed E-state index contributed by atoms with van der Waals surface area (Å²) >= 11 is 1.38. The van der Waals surface area contributed by atoms with Gasteiger partial charge in [0, 0.05) is 10.6 Å². The molecule has 0 aliphatic rings. The molecule has 0 saturated heterocycles. The number of esters is 1. The Bertz CT molecular complexity index is 855. The van der Waals surface area contributed by atoms with E-state index < -0.39 is 16.0 Å². The molecule has 6 nitrogen and oxygen atoms in total. The number of carbonyl (C=O) groups is 2. The Kier molecular flexibility index (Phi) is 5.74. The number of aryl methyl sites for hydroxylation is 1. The third-order valence-electron chi connectivity index (χ3n) is 3.02. The zero-order chi connectivity index (χ0) is 17.7. The van der Waals surface area contributed by atoms with Crippen LogP contribution in [0.1, 0.15) is 31.8 Å². The summed E-state index contributed by atoms with van der Waals surface area (Å²) in [6.07, 6.45) is 1.86. The number of ether oxygens (including phenoxy) is 1. The highest BCUT2D eigenvalue weighted by Gasteiger charge is 2.14. The second-order valence-electron chi connectivity index (χ2n) is 5.07. The highest BCUT2D eigenvalue weighted by atomic mass is 32.2. The number of Topliss-reactive ketones (excluding diaryl/α,β-unsaturated/α-hetero) is 1. The van der Waals surface area contributed by atoms with Crippen LogP contribution >= 0.6 is 11.3 Å². The van der Waals surface area contributed by atoms with Gasteiger partial charge in [-0.25, -0.2) is 13.2 Å². The van der Waals surface area contributed by atoms with Gasteiger partial charge < -0.3 is 4.74 Å². The van der Waals surface area contributed by atoms with E-state index in [-0.39, 0.29) is 23.6 Å². The highest BCUT2D eigenvalue weighted by Crippen LogP contribution is 2.18. The van der Waals surface area contributed by atoms with Crippen molar-refractivity contribution in [2.45, 2.75) is 13.3 Å². The molecule has 1 aromatic carbocycles. The minimum atomic E-state index is -3.44. The van der Waals surface area contributed by atoms with E-state index >= 15 is 0 Å². The molecule has 0 aliphatic heterocycles. The fourth-order valence-electron chi connectivity index (χ4n) is 1.93. The molecule has 1 heterocycles. The number of anilines is 1. The van der Waals surface area contributed by atoms with E-state index in [1.165, 1.54) is 35.6 Å². The topological polar surface area (TPSA) is 89.5 Å². The maximum absolute atomic E-state index is 12.0. The van der Waals surface area contributed by atoms with Gasteiger partial charge in [0.05, 0.1) is 16.7 Å². The largest absolute Gasteiger partial charge is 0.454 e. The number of ketones is 1. The van der Waals surface area contributed by atoms with Crippen molar-refractivity contribution < 1.29 is 22.7 Å². The smallest absolute Gasteiger partial charge is 0.338 e. The Hall–Kier alpha value is -2.19. The van der Waals surface area contributed by atoms with Crippen LogP contribution in [0.3, 0.4) is 0 Å². The molecule has 24 heavy (non-hydrogen) atoms. The van der Waals surface area contributed by atoms with Crippen molar-refractivity contribution in [2.24, 2.45) is 0 Å². The first kappa shape index (κ1) is 18.2. The van der Waals surface area contributed by atoms with E-state index in [1.54, 1.807) is 6.07 Å². The Morgan fingerprint density at radius 3 is 2.58 bits per heavy atom. The Morgan fingerprint density at radius 2 is 1.96 bits per heavy atom. The minimum Gasteiger partial charge on any atom is -0.454 e. The van der Waals surface area contributed by atoms with Gasteiger partial charge in [-0.2, -0.15) is 0 Å². The number of hydrogen-bond donors (Lipinski definition) is 1. The molecule has 1 aromatic heterocycles. The lowest BCUT2D eigenvalue weighted by molar-refractivity contribution is 0.0476. The van der Waals surface area contributed by atoms with Crippen LogP contribution in [0.15, 0.2) is 36.4 Å². The van der Waals surface area contributed by atoms with Gasteiger partial charge in [0.1, 0.15) is 0 Å². The molecular formula is C16H17NO5S2. The van der Waals surface area contributed by atoms with Crippen LogP contribution in [0.25, 0.3) is 0 Å². The maximum Gasteiger partial charge on any atom is 0.338 e. The molecule has 0 atom stereocenters. The Morgan fingerprint density at radius 1 is 1.21 bits per heavy atom. The van der Waals surface area contributed by atoms with Crippen LogP contribution in [-0.4, -0.2) is 33.0 Å². The molecule has 0 aliphatic carbocycles. The third kappa shape index (κ3) is 5.17. The second kappa shape index (κ2) is 7.59. The number of benzene rings is 1. The van der Waals surface area contributed by atoms with Crippen LogP contribution in [0.4, 0.5) is 5.69 Å². The van der Waals surface area contributed by atoms with E-state index in [1.807, 2.05) is 13.0 Å². The summed E-state index contributed by atoms with van der Waals surface area (Å²) in [5.74, 6) is -0.953. The van der Waals surface area contributed by atoms with Crippen molar-refractivity contribution in [3.05, 3.63) is 51.7 Å². The van der Waals surface area contributed by atoms with Crippen LogP contribution in [-0.2, 0) is 21.2 Å². The summed E-state index contributed by atoms with van der Waals surface area (Å²) in [6, 6.07) is 9.48. The number of thiophene rings is 1. The van der Waals surface area contributed by atoms with Gasteiger partial charge in [0.15, 0.2) is 6.61 Å². The van der Waals surface area contributed by atoms with Gasteiger partial charge in [-0.1, -0.05) is 13.0 Å². The summed E-state index contributed by atoms with van der Waals surface area (Å²) < 4.78 is 29.7. The molecule has 0 radical (unpaired) electrons. The highest BCUT2D eigenvalue weighted by molar-refractivity contribution is 7.92. The normalized spacial score (nSPS) is 11.1. The lowest BCUT2D eigenvalue weighted by atomic mass is 10.2. The molecule has 2 rings (SSSR count). The van der Waals surface area contributed by atoms with Crippen molar-refractivity contribution in [2.75, 3.05) is 17.6 Å². The van der Waals surface area contributed by atoms with Crippen molar-refractivity contribution in [1.82, 2.24) is 0 Å². The number of sulfonamides is 1. The molecule has 0 saturated carbocycles. The monoisotopic (exact) mass is 367 g/mol. The Balaban J connectivity index is 1.99. The van der Waals surface area contributed by atoms with Crippen LogP contribution in [0.2, 0.25) is 0 Å². The number of nitrogens with one attached hydrogen (secondary N) is 1. The molecule has 128 valence electrons. The SMILES string of the molecule is CCc1ccc(C(=O)COC(=O)c2cccc(NS(C)(=O)=O)c2)s1. The molecule has 0 amide bonds. The molecule has 1 N–H and O–H groups in total. The van der Waals surface area contributed by atoms with Crippen molar-refractivity contribution in [3.8, 4) is 0 Å². The van der Waals surface area contributed by atoms with Gasteiger partial charge in [0.25, 0.3) is 0 Å².